The van der Waals surface area contributed by atoms with E-state index in [0.717, 1.165) is 4.90 Å². The van der Waals surface area contributed by atoms with E-state index in [1.807, 2.05) is 0 Å². The van der Waals surface area contributed by atoms with Crippen molar-refractivity contribution in [2.45, 2.75) is 58.2 Å². The van der Waals surface area contributed by atoms with E-state index in [1.165, 1.54) is 6.33 Å². The third-order valence-corrected chi connectivity index (χ3v) is 3.54. The molecule has 0 spiro atoms. The van der Waals surface area contributed by atoms with Crippen LogP contribution in [0.1, 0.15) is 40.3 Å². The van der Waals surface area contributed by atoms with E-state index >= 15 is 0 Å². The second-order valence-electron chi connectivity index (χ2n) is 6.97. The average molecular weight is 326 g/mol. The van der Waals surface area contributed by atoms with Gasteiger partial charge in [-0.25, -0.2) is 9.78 Å². The van der Waals surface area contributed by atoms with Crippen molar-refractivity contribution >= 4 is 12.0 Å². The fourth-order valence-electron chi connectivity index (χ4n) is 2.64. The molecule has 1 atom stereocenters. The molecule has 0 aliphatic heterocycles. The van der Waals surface area contributed by atoms with Gasteiger partial charge in [-0.15, -0.1) is 0 Å². The zero-order valence-electron chi connectivity index (χ0n) is 14.3. The van der Waals surface area contributed by atoms with E-state index < -0.39 is 29.1 Å². The summed E-state index contributed by atoms with van der Waals surface area (Å²) in [6.45, 7) is 8.00. The summed E-state index contributed by atoms with van der Waals surface area (Å²) in [5.74, 6) is -0.468. The molecule has 0 aliphatic carbocycles. The predicted octanol–water partition coefficient (Wildman–Crippen LogP) is 0.986. The van der Waals surface area contributed by atoms with Gasteiger partial charge in [-0.2, -0.15) is 0 Å². The number of amides is 2. The van der Waals surface area contributed by atoms with Crippen LogP contribution in [-0.2, 0) is 11.2 Å². The molecule has 1 aromatic heterocycles. The maximum absolute atomic E-state index is 12.6. The lowest BCUT2D eigenvalue weighted by atomic mass is 9.93. The lowest BCUT2D eigenvalue weighted by Gasteiger charge is -2.44. The predicted molar refractivity (Wildman–Crippen MR) is 85.0 cm³/mol. The van der Waals surface area contributed by atoms with Gasteiger partial charge in [0.25, 0.3) is 0 Å². The van der Waals surface area contributed by atoms with Crippen molar-refractivity contribution < 1.29 is 19.8 Å². The molecule has 8 heteroatoms. The molecule has 1 heterocycles. The molecule has 4 N–H and O–H groups in total. The molecule has 0 radical (unpaired) electrons. The monoisotopic (exact) mass is 326 g/mol. The standard InChI is InChI=1S/C15H26N4O4/c1-14(2,3)19(13(22)23)15(4,5)12(21)18-11(8-20)6-10-7-16-9-17-10/h7,9,11,20H,6,8H2,1-5H3,(H,16,17)(H,18,21)(H,22,23). The minimum atomic E-state index is -1.29. The van der Waals surface area contributed by atoms with Gasteiger partial charge in [0.2, 0.25) is 5.91 Å². The summed E-state index contributed by atoms with van der Waals surface area (Å²) in [6, 6.07) is -0.541. The van der Waals surface area contributed by atoms with Crippen LogP contribution >= 0.6 is 0 Å². The molecule has 8 nitrogen and oxygen atoms in total. The van der Waals surface area contributed by atoms with Crippen LogP contribution in [0.5, 0.6) is 0 Å². The summed E-state index contributed by atoms with van der Waals surface area (Å²) in [4.78, 5) is 32.2. The second kappa shape index (κ2) is 6.99. The Balaban J connectivity index is 2.89. The minimum Gasteiger partial charge on any atom is -0.465 e. The maximum atomic E-state index is 12.6. The van der Waals surface area contributed by atoms with Gasteiger partial charge in [0, 0.05) is 18.2 Å². The van der Waals surface area contributed by atoms with E-state index in [0.29, 0.717) is 12.1 Å². The van der Waals surface area contributed by atoms with Gasteiger partial charge in [0.15, 0.2) is 0 Å². The first kappa shape index (κ1) is 19.0. The van der Waals surface area contributed by atoms with Crippen molar-refractivity contribution in [3.05, 3.63) is 18.2 Å². The molecule has 130 valence electrons. The molecular weight excluding hydrogens is 300 g/mol. The highest BCUT2D eigenvalue weighted by Gasteiger charge is 2.44. The highest BCUT2D eigenvalue weighted by Crippen LogP contribution is 2.25. The Labute approximate surface area is 135 Å². The number of hydrogen-bond acceptors (Lipinski definition) is 4. The normalized spacial score (nSPS) is 13.5. The highest BCUT2D eigenvalue weighted by atomic mass is 16.4. The van der Waals surface area contributed by atoms with Crippen LogP contribution in [0.3, 0.4) is 0 Å². The number of aliphatic hydroxyl groups is 1. The molecule has 1 rings (SSSR count). The van der Waals surface area contributed by atoms with E-state index in [-0.39, 0.29) is 6.61 Å². The number of aliphatic hydroxyl groups excluding tert-OH is 1. The van der Waals surface area contributed by atoms with Crippen molar-refractivity contribution in [3.8, 4) is 0 Å². The second-order valence-corrected chi connectivity index (χ2v) is 6.97. The van der Waals surface area contributed by atoms with Crippen LogP contribution < -0.4 is 5.32 Å². The Hall–Kier alpha value is -2.09. The number of rotatable bonds is 6. The molecule has 0 aromatic carbocycles. The number of carbonyl (C=O) groups excluding carboxylic acids is 1. The van der Waals surface area contributed by atoms with Gasteiger partial charge in [-0.3, -0.25) is 9.69 Å². The smallest absolute Gasteiger partial charge is 0.408 e. The number of carbonyl (C=O) groups is 2. The minimum absolute atomic E-state index is 0.267. The number of nitrogens with zero attached hydrogens (tertiary/aromatic N) is 2. The van der Waals surface area contributed by atoms with E-state index in [4.69, 9.17) is 0 Å². The average Bonchev–Trinajstić information content (AvgIpc) is 2.87. The number of aromatic amines is 1. The Morgan fingerprint density at radius 1 is 1.35 bits per heavy atom. The van der Waals surface area contributed by atoms with Gasteiger partial charge in [-0.1, -0.05) is 0 Å². The SMILES string of the molecule is CC(C)(C)N(C(=O)O)C(C)(C)C(=O)NC(CO)Cc1c[nH]cn1. The first-order chi connectivity index (χ1) is 10.5. The lowest BCUT2D eigenvalue weighted by molar-refractivity contribution is -0.134. The molecular formula is C15H26N4O4. The molecule has 0 fully saturated rings. The Bertz CT molecular complexity index is 534. The Morgan fingerprint density at radius 2 is 1.96 bits per heavy atom. The molecule has 0 aliphatic rings. The highest BCUT2D eigenvalue weighted by molar-refractivity contribution is 5.89. The van der Waals surface area contributed by atoms with Gasteiger partial charge >= 0.3 is 6.09 Å². The van der Waals surface area contributed by atoms with Gasteiger partial charge in [0.05, 0.1) is 24.7 Å². The van der Waals surface area contributed by atoms with E-state index in [9.17, 15) is 19.8 Å². The van der Waals surface area contributed by atoms with Crippen LogP contribution in [0.4, 0.5) is 4.79 Å². The third kappa shape index (κ3) is 4.69. The lowest BCUT2D eigenvalue weighted by Crippen LogP contribution is -2.64. The van der Waals surface area contributed by atoms with Crippen LogP contribution in [0, 0.1) is 0 Å². The number of nitrogens with one attached hydrogen (secondary N) is 2. The Kier molecular flexibility index (Phi) is 5.76. The molecule has 1 unspecified atom stereocenters. The quantitative estimate of drug-likeness (QED) is 0.621. The molecule has 2 amide bonds. The number of imidazole rings is 1. The van der Waals surface area contributed by atoms with Crippen LogP contribution in [0.2, 0.25) is 0 Å². The maximum Gasteiger partial charge on any atom is 0.408 e. The van der Waals surface area contributed by atoms with Crippen molar-refractivity contribution in [2.24, 2.45) is 0 Å². The van der Waals surface area contributed by atoms with Crippen LogP contribution in [0.15, 0.2) is 12.5 Å². The summed E-state index contributed by atoms with van der Waals surface area (Å²) in [6.07, 6.45) is 2.37. The Morgan fingerprint density at radius 3 is 2.35 bits per heavy atom. The molecule has 0 saturated carbocycles. The zero-order chi connectivity index (χ0) is 17.8. The summed E-state index contributed by atoms with van der Waals surface area (Å²) in [5, 5.41) is 21.6. The van der Waals surface area contributed by atoms with Gasteiger partial charge in [-0.05, 0) is 34.6 Å². The fraction of sp³-hybridized carbons (Fsp3) is 0.667. The summed E-state index contributed by atoms with van der Waals surface area (Å²) in [7, 11) is 0. The zero-order valence-corrected chi connectivity index (χ0v) is 14.3. The third-order valence-electron chi connectivity index (χ3n) is 3.54. The molecule has 0 saturated heterocycles. The summed E-state index contributed by atoms with van der Waals surface area (Å²) >= 11 is 0. The van der Waals surface area contributed by atoms with Crippen LogP contribution in [-0.4, -0.2) is 60.8 Å². The number of H-pyrrole nitrogens is 1. The van der Waals surface area contributed by atoms with Crippen molar-refractivity contribution in [2.75, 3.05) is 6.61 Å². The summed E-state index contributed by atoms with van der Waals surface area (Å²) in [5.41, 5.74) is -1.33. The number of aromatic nitrogens is 2. The van der Waals surface area contributed by atoms with Crippen molar-refractivity contribution in [3.63, 3.8) is 0 Å². The van der Waals surface area contributed by atoms with Gasteiger partial charge < -0.3 is 20.5 Å². The van der Waals surface area contributed by atoms with Crippen molar-refractivity contribution in [1.29, 1.82) is 0 Å². The van der Waals surface area contributed by atoms with Gasteiger partial charge in [0.1, 0.15) is 5.54 Å². The largest absolute Gasteiger partial charge is 0.465 e. The van der Waals surface area contributed by atoms with E-state index in [1.54, 1.807) is 40.8 Å². The van der Waals surface area contributed by atoms with E-state index in [2.05, 4.69) is 15.3 Å². The topological polar surface area (TPSA) is 119 Å². The summed E-state index contributed by atoms with van der Waals surface area (Å²) < 4.78 is 0. The first-order valence-corrected chi connectivity index (χ1v) is 7.43. The first-order valence-electron chi connectivity index (χ1n) is 7.43. The number of carboxylic acid groups (broad SMARTS) is 1. The molecule has 1 aromatic rings. The van der Waals surface area contributed by atoms with Crippen molar-refractivity contribution in [1.82, 2.24) is 20.2 Å². The molecule has 0 bridgehead atoms. The number of hydrogen-bond donors (Lipinski definition) is 4. The molecule has 23 heavy (non-hydrogen) atoms. The van der Waals surface area contributed by atoms with Crippen LogP contribution in [0.25, 0.3) is 0 Å². The fourth-order valence-corrected chi connectivity index (χ4v) is 2.64.